The minimum Gasteiger partial charge on any atom is -0.298 e. The summed E-state index contributed by atoms with van der Waals surface area (Å²) >= 11 is 10.9. The molecule has 0 aliphatic rings. The lowest BCUT2D eigenvalue weighted by molar-refractivity contribution is 0.112. The van der Waals surface area contributed by atoms with E-state index in [1.54, 1.807) is 17.4 Å². The lowest BCUT2D eigenvalue weighted by Crippen LogP contribution is -1.78. The number of hydrogen-bond donors (Lipinski definition) is 0. The quantitative estimate of drug-likeness (QED) is 0.596. The van der Waals surface area contributed by atoms with E-state index in [4.69, 9.17) is 11.6 Å². The van der Waals surface area contributed by atoms with Crippen molar-refractivity contribution in [3.05, 3.63) is 33.7 Å². The van der Waals surface area contributed by atoms with Gasteiger partial charge in [0, 0.05) is 25.5 Å². The fourth-order valence-corrected chi connectivity index (χ4v) is 3.05. The summed E-state index contributed by atoms with van der Waals surface area (Å²) < 4.78 is 1.01. The van der Waals surface area contributed by atoms with Crippen molar-refractivity contribution in [2.24, 2.45) is 0 Å². The Balaban J connectivity index is 2.77. The fourth-order valence-electron chi connectivity index (χ4n) is 1.35. The number of aldehydes is 1. The van der Waals surface area contributed by atoms with Gasteiger partial charge in [0.15, 0.2) is 6.29 Å². The topological polar surface area (TPSA) is 17.1 Å². The molecule has 1 aromatic heterocycles. The number of halogens is 2. The van der Waals surface area contributed by atoms with Gasteiger partial charge in [0.1, 0.15) is 0 Å². The summed E-state index contributed by atoms with van der Waals surface area (Å²) in [7, 11) is 0. The highest BCUT2D eigenvalue weighted by atomic mass is 79.9. The summed E-state index contributed by atoms with van der Waals surface area (Å²) in [5.41, 5.74) is 0.671. The van der Waals surface area contributed by atoms with Crippen molar-refractivity contribution in [1.82, 2.24) is 0 Å². The molecule has 0 aliphatic carbocycles. The van der Waals surface area contributed by atoms with Gasteiger partial charge in [-0.05, 0) is 23.6 Å². The van der Waals surface area contributed by atoms with Crippen LogP contribution in [-0.4, -0.2) is 6.29 Å². The number of carbonyl (C=O) groups excluding carboxylic acids is 1. The molecule has 0 radical (unpaired) electrons. The van der Waals surface area contributed by atoms with Gasteiger partial charge in [-0.2, -0.15) is 0 Å². The second kappa shape index (κ2) is 4.01. The van der Waals surface area contributed by atoms with Crippen molar-refractivity contribution in [3.63, 3.8) is 0 Å². The van der Waals surface area contributed by atoms with Crippen LogP contribution in [0.15, 0.2) is 18.2 Å². The third-order valence-electron chi connectivity index (χ3n) is 1.92. The molecule has 0 atom stereocenters. The van der Waals surface area contributed by atoms with Crippen LogP contribution >= 0.6 is 38.9 Å². The van der Waals surface area contributed by atoms with Gasteiger partial charge in [-0.1, -0.05) is 27.5 Å². The molecule has 2 rings (SSSR count). The molecule has 0 bridgehead atoms. The number of rotatable bonds is 2. The van der Waals surface area contributed by atoms with Crippen molar-refractivity contribution < 1.29 is 4.79 Å². The fraction of sp³-hybridized carbons (Fsp3) is 0.100. The predicted molar refractivity (Wildman–Crippen MR) is 64.9 cm³/mol. The van der Waals surface area contributed by atoms with E-state index in [9.17, 15) is 4.79 Å². The molecule has 0 saturated carbocycles. The van der Waals surface area contributed by atoms with E-state index < -0.39 is 0 Å². The first-order valence-electron chi connectivity index (χ1n) is 3.97. The van der Waals surface area contributed by atoms with E-state index in [-0.39, 0.29) is 0 Å². The highest BCUT2D eigenvalue weighted by Gasteiger charge is 2.06. The van der Waals surface area contributed by atoms with E-state index in [0.29, 0.717) is 10.6 Å². The zero-order chi connectivity index (χ0) is 10.1. The SMILES string of the molecule is O=Cc1cc(Cl)cc2cc(CBr)sc12. The number of hydrogen-bond acceptors (Lipinski definition) is 2. The molecule has 0 aliphatic heterocycles. The van der Waals surface area contributed by atoms with Gasteiger partial charge in [0.05, 0.1) is 0 Å². The Labute approximate surface area is 98.8 Å². The van der Waals surface area contributed by atoms with Crippen molar-refractivity contribution in [3.8, 4) is 0 Å². The van der Waals surface area contributed by atoms with Gasteiger partial charge < -0.3 is 0 Å². The van der Waals surface area contributed by atoms with Gasteiger partial charge in [0.2, 0.25) is 0 Å². The molecule has 1 nitrogen and oxygen atoms in total. The molecular weight excluding hydrogens is 284 g/mol. The van der Waals surface area contributed by atoms with Gasteiger partial charge >= 0.3 is 0 Å². The second-order valence-electron chi connectivity index (χ2n) is 2.88. The summed E-state index contributed by atoms with van der Waals surface area (Å²) in [5.74, 6) is 0. The molecule has 0 N–H and O–H groups in total. The second-order valence-corrected chi connectivity index (χ2v) is 5.01. The number of thiophene rings is 1. The van der Waals surface area contributed by atoms with Crippen LogP contribution in [0.4, 0.5) is 0 Å². The lowest BCUT2D eigenvalue weighted by atomic mass is 10.2. The van der Waals surface area contributed by atoms with E-state index >= 15 is 0 Å². The van der Waals surface area contributed by atoms with Crippen LogP contribution in [0.2, 0.25) is 5.02 Å². The summed E-state index contributed by atoms with van der Waals surface area (Å²) in [4.78, 5) is 12.0. The zero-order valence-electron chi connectivity index (χ0n) is 7.09. The lowest BCUT2D eigenvalue weighted by Gasteiger charge is -1.94. The van der Waals surface area contributed by atoms with Crippen LogP contribution in [0.25, 0.3) is 10.1 Å². The maximum absolute atomic E-state index is 10.8. The van der Waals surface area contributed by atoms with Crippen LogP contribution in [0.3, 0.4) is 0 Å². The van der Waals surface area contributed by atoms with Crippen LogP contribution in [0.5, 0.6) is 0 Å². The van der Waals surface area contributed by atoms with Crippen LogP contribution in [-0.2, 0) is 5.33 Å². The molecule has 4 heteroatoms. The molecule has 0 spiro atoms. The highest BCUT2D eigenvalue weighted by Crippen LogP contribution is 2.31. The van der Waals surface area contributed by atoms with Gasteiger partial charge in [0.25, 0.3) is 0 Å². The molecule has 1 heterocycles. The van der Waals surface area contributed by atoms with E-state index in [2.05, 4.69) is 15.9 Å². The third kappa shape index (κ3) is 1.72. The molecule has 2 aromatic rings. The van der Waals surface area contributed by atoms with Gasteiger partial charge in [-0.3, -0.25) is 4.79 Å². The minimum absolute atomic E-state index is 0.610. The van der Waals surface area contributed by atoms with Crippen molar-refractivity contribution in [2.75, 3.05) is 0 Å². The zero-order valence-corrected chi connectivity index (χ0v) is 10.2. The number of carbonyl (C=O) groups is 1. The molecule has 72 valence electrons. The maximum atomic E-state index is 10.8. The van der Waals surface area contributed by atoms with E-state index in [1.165, 1.54) is 4.88 Å². The first-order valence-corrected chi connectivity index (χ1v) is 6.29. The third-order valence-corrected chi connectivity index (χ3v) is 4.31. The summed E-state index contributed by atoms with van der Waals surface area (Å²) in [6.45, 7) is 0. The standard InChI is InChI=1S/C10H6BrClOS/c11-4-9-3-6-1-8(12)2-7(5-13)10(6)14-9/h1-3,5H,4H2. The smallest absolute Gasteiger partial charge is 0.151 e. The molecule has 0 unspecified atom stereocenters. The molecular formula is C10H6BrClOS. The van der Waals surface area contributed by atoms with Crippen molar-refractivity contribution >= 4 is 55.2 Å². The van der Waals surface area contributed by atoms with Crippen molar-refractivity contribution in [1.29, 1.82) is 0 Å². The molecule has 14 heavy (non-hydrogen) atoms. The Morgan fingerprint density at radius 2 is 2.21 bits per heavy atom. The van der Waals surface area contributed by atoms with Gasteiger partial charge in [-0.25, -0.2) is 0 Å². The van der Waals surface area contributed by atoms with E-state index in [0.717, 1.165) is 21.7 Å². The maximum Gasteiger partial charge on any atom is 0.151 e. The summed E-state index contributed by atoms with van der Waals surface area (Å²) in [6, 6.07) is 5.63. The Bertz CT molecular complexity index is 492. The Hall–Kier alpha value is -0.380. The first kappa shape index (κ1) is 10.1. The molecule has 0 saturated heterocycles. The van der Waals surface area contributed by atoms with E-state index in [1.807, 2.05) is 12.1 Å². The van der Waals surface area contributed by atoms with Crippen LogP contribution in [0.1, 0.15) is 15.2 Å². The Kier molecular flexibility index (Phi) is 2.91. The minimum atomic E-state index is 0.610. The van der Waals surface area contributed by atoms with Crippen LogP contribution < -0.4 is 0 Å². The largest absolute Gasteiger partial charge is 0.298 e. The normalized spacial score (nSPS) is 10.7. The predicted octanol–water partition coefficient (Wildman–Crippen LogP) is 4.26. The Morgan fingerprint density at radius 3 is 2.86 bits per heavy atom. The summed E-state index contributed by atoms with van der Waals surface area (Å²) in [6.07, 6.45) is 0.850. The molecule has 0 amide bonds. The molecule has 1 aromatic carbocycles. The van der Waals surface area contributed by atoms with Crippen LogP contribution in [0, 0.1) is 0 Å². The summed E-state index contributed by atoms with van der Waals surface area (Å²) in [5, 5.41) is 2.46. The average Bonchev–Trinajstić information content (AvgIpc) is 2.59. The number of benzene rings is 1. The average molecular weight is 290 g/mol. The molecule has 0 fully saturated rings. The number of fused-ring (bicyclic) bond motifs is 1. The Morgan fingerprint density at radius 1 is 1.43 bits per heavy atom. The number of alkyl halides is 1. The monoisotopic (exact) mass is 288 g/mol. The highest BCUT2D eigenvalue weighted by molar-refractivity contribution is 9.08. The van der Waals surface area contributed by atoms with Gasteiger partial charge in [-0.15, -0.1) is 11.3 Å². The van der Waals surface area contributed by atoms with Crippen molar-refractivity contribution in [2.45, 2.75) is 5.33 Å². The first-order chi connectivity index (χ1) is 6.74.